The Morgan fingerprint density at radius 1 is 1.18 bits per heavy atom. The summed E-state index contributed by atoms with van der Waals surface area (Å²) >= 11 is 1.50. The number of aryl methyl sites for hydroxylation is 2. The molecule has 12 heteroatoms. The van der Waals surface area contributed by atoms with Gasteiger partial charge in [0.2, 0.25) is 0 Å². The molecule has 0 bridgehead atoms. The van der Waals surface area contributed by atoms with Crippen molar-refractivity contribution in [3.63, 3.8) is 0 Å². The van der Waals surface area contributed by atoms with Gasteiger partial charge in [-0.15, -0.1) is 4.73 Å². The van der Waals surface area contributed by atoms with Gasteiger partial charge in [-0.05, 0) is 56.1 Å². The van der Waals surface area contributed by atoms with Crippen molar-refractivity contribution in [2.24, 2.45) is 7.05 Å². The second-order valence-electron chi connectivity index (χ2n) is 9.42. The first-order valence-electron chi connectivity index (χ1n) is 12.2. The van der Waals surface area contributed by atoms with Gasteiger partial charge < -0.3 is 4.84 Å². The smallest absolute Gasteiger partial charge is 0.323 e. The number of piperidine rings is 1. The van der Waals surface area contributed by atoms with Crippen LogP contribution in [0.5, 0.6) is 0 Å². The lowest BCUT2D eigenvalue weighted by Gasteiger charge is -2.31. The number of halogens is 3. The van der Waals surface area contributed by atoms with E-state index in [1.165, 1.54) is 23.4 Å². The molecule has 1 aliphatic rings. The first-order valence-corrected chi connectivity index (χ1v) is 13.2. The number of fused-ring (bicyclic) bond motifs is 2. The van der Waals surface area contributed by atoms with Crippen molar-refractivity contribution in [2.75, 3.05) is 13.1 Å². The van der Waals surface area contributed by atoms with Crippen molar-refractivity contribution >= 4 is 39.5 Å². The molecule has 0 aliphatic carbocycles. The van der Waals surface area contributed by atoms with Crippen LogP contribution in [0.25, 0.3) is 21.8 Å². The van der Waals surface area contributed by atoms with E-state index in [9.17, 15) is 22.8 Å². The summed E-state index contributed by atoms with van der Waals surface area (Å²) in [4.78, 5) is 35.8. The third kappa shape index (κ3) is 5.41. The SMILES string of the molecule is Cc1cccc2c(=O)n(OC(=O)C(F)(F)F)c(CSC3CCN(Cc4ccc5cnn(C)c5c4)CC3)nc12. The standard InChI is InChI=1S/C26H26F3N5O3S/c1-16-4-3-5-20-23(16)31-22(34(24(20)35)37-25(36)26(27,28)29)15-38-19-8-10-33(11-9-19)14-17-6-7-18-13-30-32(2)21(18)12-17/h3-7,12-13,19H,8-11,14-15H2,1-2H3. The lowest BCUT2D eigenvalue weighted by atomic mass is 10.1. The third-order valence-corrected chi connectivity index (χ3v) is 8.10. The molecule has 5 rings (SSSR count). The molecule has 0 spiro atoms. The van der Waals surface area contributed by atoms with Crippen LogP contribution in [0.1, 0.15) is 29.8 Å². The molecule has 0 atom stereocenters. The number of alkyl halides is 3. The van der Waals surface area contributed by atoms with E-state index in [1.807, 2.05) is 17.9 Å². The highest BCUT2D eigenvalue weighted by Crippen LogP contribution is 2.28. The second kappa shape index (κ2) is 10.4. The zero-order chi connectivity index (χ0) is 27.0. The van der Waals surface area contributed by atoms with Crippen molar-refractivity contribution in [3.05, 3.63) is 69.9 Å². The van der Waals surface area contributed by atoms with E-state index in [-0.39, 0.29) is 22.2 Å². The molecule has 38 heavy (non-hydrogen) atoms. The van der Waals surface area contributed by atoms with Crippen molar-refractivity contribution in [1.29, 1.82) is 0 Å². The maximum Gasteiger partial charge on any atom is 0.493 e. The predicted molar refractivity (Wildman–Crippen MR) is 139 cm³/mol. The average molecular weight is 546 g/mol. The molecule has 4 aromatic rings. The van der Waals surface area contributed by atoms with Gasteiger partial charge in [-0.1, -0.05) is 24.3 Å². The zero-order valence-corrected chi connectivity index (χ0v) is 21.7. The molecule has 2 aromatic carbocycles. The highest BCUT2D eigenvalue weighted by atomic mass is 32.2. The Morgan fingerprint density at radius 2 is 1.95 bits per heavy atom. The van der Waals surface area contributed by atoms with Gasteiger partial charge in [0.15, 0.2) is 5.82 Å². The van der Waals surface area contributed by atoms with E-state index in [4.69, 9.17) is 0 Å². The van der Waals surface area contributed by atoms with Crippen LogP contribution in [0.15, 0.2) is 47.4 Å². The van der Waals surface area contributed by atoms with Crippen LogP contribution >= 0.6 is 11.8 Å². The number of para-hydroxylation sites is 1. The molecular weight excluding hydrogens is 519 g/mol. The Bertz CT molecular complexity index is 1560. The quantitative estimate of drug-likeness (QED) is 0.362. The molecule has 1 saturated heterocycles. The molecule has 3 heterocycles. The van der Waals surface area contributed by atoms with Crippen LogP contribution < -0.4 is 10.4 Å². The number of nitrogens with zero attached hydrogens (tertiary/aromatic N) is 5. The van der Waals surface area contributed by atoms with E-state index in [0.29, 0.717) is 15.8 Å². The lowest BCUT2D eigenvalue weighted by molar-refractivity contribution is -0.200. The van der Waals surface area contributed by atoms with E-state index in [0.717, 1.165) is 43.4 Å². The molecular formula is C26H26F3N5O3S. The number of likely N-dealkylation sites (tertiary alicyclic amines) is 1. The fourth-order valence-electron chi connectivity index (χ4n) is 4.67. The van der Waals surface area contributed by atoms with Crippen LogP contribution in [0, 0.1) is 6.92 Å². The van der Waals surface area contributed by atoms with Crippen molar-refractivity contribution in [3.8, 4) is 0 Å². The summed E-state index contributed by atoms with van der Waals surface area (Å²) in [7, 11) is 1.92. The monoisotopic (exact) mass is 545 g/mol. The summed E-state index contributed by atoms with van der Waals surface area (Å²) in [6.45, 7) is 4.30. The van der Waals surface area contributed by atoms with Crippen LogP contribution in [0.4, 0.5) is 13.2 Å². The van der Waals surface area contributed by atoms with Crippen LogP contribution in [0.3, 0.4) is 0 Å². The summed E-state index contributed by atoms with van der Waals surface area (Å²) in [5.74, 6) is -2.35. The summed E-state index contributed by atoms with van der Waals surface area (Å²) < 4.78 is 41.0. The number of aromatic nitrogens is 4. The second-order valence-corrected chi connectivity index (χ2v) is 10.7. The summed E-state index contributed by atoms with van der Waals surface area (Å²) in [5, 5.41) is 5.70. The fraction of sp³-hybridized carbons (Fsp3) is 0.385. The van der Waals surface area contributed by atoms with Gasteiger partial charge in [-0.3, -0.25) is 14.4 Å². The Kier molecular flexibility index (Phi) is 7.19. The Hall–Kier alpha value is -3.38. The first-order chi connectivity index (χ1) is 18.1. The summed E-state index contributed by atoms with van der Waals surface area (Å²) in [6, 6.07) is 11.2. The zero-order valence-electron chi connectivity index (χ0n) is 20.9. The number of thioether (sulfide) groups is 1. The van der Waals surface area contributed by atoms with Gasteiger partial charge in [0, 0.05) is 24.2 Å². The van der Waals surface area contributed by atoms with E-state index < -0.39 is 17.7 Å². The van der Waals surface area contributed by atoms with Gasteiger partial charge >= 0.3 is 12.1 Å². The summed E-state index contributed by atoms with van der Waals surface area (Å²) in [5.41, 5.74) is 2.54. The van der Waals surface area contributed by atoms with Gasteiger partial charge in [-0.25, -0.2) is 9.78 Å². The predicted octanol–water partition coefficient (Wildman–Crippen LogP) is 4.01. The van der Waals surface area contributed by atoms with Gasteiger partial charge in [0.05, 0.1) is 28.4 Å². The largest absolute Gasteiger partial charge is 0.493 e. The van der Waals surface area contributed by atoms with Crippen molar-refractivity contribution in [2.45, 2.75) is 43.5 Å². The molecule has 0 N–H and O–H groups in total. The molecule has 0 unspecified atom stereocenters. The molecule has 1 fully saturated rings. The number of benzene rings is 2. The molecule has 0 radical (unpaired) electrons. The summed E-state index contributed by atoms with van der Waals surface area (Å²) in [6.07, 6.45) is -1.65. The van der Waals surface area contributed by atoms with Crippen LogP contribution in [-0.2, 0) is 24.1 Å². The van der Waals surface area contributed by atoms with E-state index in [2.05, 4.69) is 38.0 Å². The molecule has 200 valence electrons. The first kappa shape index (κ1) is 26.2. The van der Waals surface area contributed by atoms with Crippen LogP contribution in [0.2, 0.25) is 0 Å². The van der Waals surface area contributed by atoms with Gasteiger partial charge in [0.1, 0.15) is 0 Å². The Morgan fingerprint density at radius 3 is 2.68 bits per heavy atom. The lowest BCUT2D eigenvalue weighted by Crippen LogP contribution is -2.40. The van der Waals surface area contributed by atoms with E-state index >= 15 is 0 Å². The maximum atomic E-state index is 13.0. The van der Waals surface area contributed by atoms with Gasteiger partial charge in [0.25, 0.3) is 5.56 Å². The average Bonchev–Trinajstić information content (AvgIpc) is 3.25. The normalized spacial score (nSPS) is 15.4. The number of carbonyl (C=O) groups is 1. The number of hydrogen-bond donors (Lipinski definition) is 0. The highest BCUT2D eigenvalue weighted by molar-refractivity contribution is 7.99. The number of carbonyl (C=O) groups excluding carboxylic acids is 1. The molecule has 2 aromatic heterocycles. The molecule has 1 aliphatic heterocycles. The van der Waals surface area contributed by atoms with E-state index in [1.54, 1.807) is 19.1 Å². The minimum atomic E-state index is -5.24. The Labute approximate surface area is 220 Å². The third-order valence-electron chi connectivity index (χ3n) is 6.74. The minimum absolute atomic E-state index is 0.0219. The fourth-order valence-corrected chi connectivity index (χ4v) is 5.78. The van der Waals surface area contributed by atoms with Crippen molar-refractivity contribution in [1.82, 2.24) is 24.4 Å². The maximum absolute atomic E-state index is 13.0. The number of hydrogen-bond acceptors (Lipinski definition) is 7. The van der Waals surface area contributed by atoms with Gasteiger partial charge in [-0.2, -0.15) is 30.0 Å². The highest BCUT2D eigenvalue weighted by Gasteiger charge is 2.42. The Balaban J connectivity index is 1.27. The number of rotatable bonds is 6. The minimum Gasteiger partial charge on any atom is -0.323 e. The van der Waals surface area contributed by atoms with Crippen LogP contribution in [-0.4, -0.2) is 54.9 Å². The topological polar surface area (TPSA) is 82.3 Å². The molecule has 0 amide bonds. The molecule has 0 saturated carbocycles. The molecule has 8 nitrogen and oxygen atoms in total. The van der Waals surface area contributed by atoms with Crippen molar-refractivity contribution < 1.29 is 22.8 Å².